The lowest BCUT2D eigenvalue weighted by Gasteiger charge is -2.16. The normalized spacial score (nSPS) is 18.2. The van der Waals surface area contributed by atoms with E-state index >= 15 is 0 Å². The molecular weight excluding hydrogens is 258 g/mol. The zero-order chi connectivity index (χ0) is 14.7. The number of benzene rings is 1. The van der Waals surface area contributed by atoms with Gasteiger partial charge in [0.1, 0.15) is 11.3 Å². The van der Waals surface area contributed by atoms with Crippen molar-refractivity contribution in [3.8, 4) is 0 Å². The Balaban J connectivity index is 2.22. The molecule has 0 aromatic heterocycles. The van der Waals surface area contributed by atoms with Gasteiger partial charge in [-0.1, -0.05) is 19.4 Å². The first-order valence-electron chi connectivity index (χ1n) is 6.86. The Morgan fingerprint density at radius 2 is 2.30 bits per heavy atom. The Kier molecular flexibility index (Phi) is 4.22. The number of hydrogen-bond acceptors (Lipinski definition) is 4. The highest BCUT2D eigenvalue weighted by molar-refractivity contribution is 6.00. The molecule has 1 aliphatic rings. The van der Waals surface area contributed by atoms with Gasteiger partial charge in [0.25, 0.3) is 5.91 Å². The molecule has 1 aromatic carbocycles. The fourth-order valence-corrected chi connectivity index (χ4v) is 2.77. The third-order valence-electron chi connectivity index (χ3n) is 3.75. The number of likely N-dealkylation sites (tertiary alicyclic amines) is 1. The van der Waals surface area contributed by atoms with E-state index in [1.165, 1.54) is 12.1 Å². The average Bonchev–Trinajstić information content (AvgIpc) is 2.86. The van der Waals surface area contributed by atoms with Crippen molar-refractivity contribution in [2.75, 3.05) is 18.8 Å². The lowest BCUT2D eigenvalue weighted by Crippen LogP contribution is -2.29. The molecule has 0 radical (unpaired) electrons. The van der Waals surface area contributed by atoms with Crippen LogP contribution in [0.3, 0.4) is 0 Å². The highest BCUT2D eigenvalue weighted by Gasteiger charge is 2.31. The van der Waals surface area contributed by atoms with Crippen molar-refractivity contribution >= 4 is 17.3 Å². The van der Waals surface area contributed by atoms with Crippen LogP contribution in [0.2, 0.25) is 0 Å². The summed E-state index contributed by atoms with van der Waals surface area (Å²) in [6, 6.07) is 4.50. The van der Waals surface area contributed by atoms with Crippen LogP contribution in [0, 0.1) is 16.0 Å². The number of nitrogens with two attached hydrogens (primary N) is 1. The average molecular weight is 277 g/mol. The smallest absolute Gasteiger partial charge is 0.304 e. The Morgan fingerprint density at radius 3 is 2.95 bits per heavy atom. The standard InChI is InChI=1S/C14H19N3O3/c1-2-4-10-7-8-16(9-10)14(18)11-5-3-6-12(15)13(11)17(19)20/h3,5-6,10H,2,4,7-9,15H2,1H3. The SMILES string of the molecule is CCCC1CCN(C(=O)c2cccc(N)c2[N+](=O)[O-])C1. The topological polar surface area (TPSA) is 89.5 Å². The lowest BCUT2D eigenvalue weighted by molar-refractivity contribution is -0.384. The fourth-order valence-electron chi connectivity index (χ4n) is 2.77. The van der Waals surface area contributed by atoms with Crippen LogP contribution in [-0.2, 0) is 0 Å². The largest absolute Gasteiger partial charge is 0.393 e. The van der Waals surface area contributed by atoms with Crippen molar-refractivity contribution < 1.29 is 9.72 Å². The second-order valence-electron chi connectivity index (χ2n) is 5.20. The summed E-state index contributed by atoms with van der Waals surface area (Å²) in [6.07, 6.45) is 3.14. The third-order valence-corrected chi connectivity index (χ3v) is 3.75. The fraction of sp³-hybridized carbons (Fsp3) is 0.500. The van der Waals surface area contributed by atoms with Crippen molar-refractivity contribution in [1.82, 2.24) is 4.90 Å². The van der Waals surface area contributed by atoms with E-state index in [1.54, 1.807) is 11.0 Å². The minimum atomic E-state index is -0.581. The van der Waals surface area contributed by atoms with Gasteiger partial charge in [0.15, 0.2) is 0 Å². The molecule has 6 heteroatoms. The first-order valence-corrected chi connectivity index (χ1v) is 6.86. The molecule has 1 aliphatic heterocycles. The molecule has 1 saturated heterocycles. The molecule has 1 aromatic rings. The van der Waals surface area contributed by atoms with Gasteiger partial charge < -0.3 is 10.6 Å². The number of nitrogens with zero attached hydrogens (tertiary/aromatic N) is 2. The van der Waals surface area contributed by atoms with Crippen LogP contribution in [0.5, 0.6) is 0 Å². The first-order chi connectivity index (χ1) is 9.54. The van der Waals surface area contributed by atoms with Crippen molar-refractivity contribution in [2.24, 2.45) is 5.92 Å². The second kappa shape index (κ2) is 5.90. The van der Waals surface area contributed by atoms with E-state index in [0.29, 0.717) is 19.0 Å². The molecule has 2 rings (SSSR count). The molecule has 1 unspecified atom stereocenters. The summed E-state index contributed by atoms with van der Waals surface area (Å²) >= 11 is 0. The predicted molar refractivity (Wildman–Crippen MR) is 76.4 cm³/mol. The molecule has 1 amide bonds. The zero-order valence-corrected chi connectivity index (χ0v) is 11.5. The molecule has 2 N–H and O–H groups in total. The Bertz CT molecular complexity index is 530. The van der Waals surface area contributed by atoms with E-state index < -0.39 is 4.92 Å². The van der Waals surface area contributed by atoms with E-state index in [1.807, 2.05) is 0 Å². The number of nitro benzene ring substituents is 1. The van der Waals surface area contributed by atoms with Gasteiger partial charge in [-0.15, -0.1) is 0 Å². The number of rotatable bonds is 4. The number of para-hydroxylation sites is 1. The van der Waals surface area contributed by atoms with E-state index in [9.17, 15) is 14.9 Å². The number of nitrogen functional groups attached to an aromatic ring is 1. The van der Waals surface area contributed by atoms with Crippen LogP contribution in [0.15, 0.2) is 18.2 Å². The molecule has 0 aliphatic carbocycles. The number of amides is 1. The van der Waals surface area contributed by atoms with Crippen LogP contribution < -0.4 is 5.73 Å². The molecule has 6 nitrogen and oxygen atoms in total. The highest BCUT2D eigenvalue weighted by atomic mass is 16.6. The van der Waals surface area contributed by atoms with Gasteiger partial charge in [0, 0.05) is 13.1 Å². The van der Waals surface area contributed by atoms with Gasteiger partial charge in [-0.2, -0.15) is 0 Å². The molecule has 1 heterocycles. The Hall–Kier alpha value is -2.11. The molecular formula is C14H19N3O3. The summed E-state index contributed by atoms with van der Waals surface area (Å²) in [4.78, 5) is 24.6. The van der Waals surface area contributed by atoms with Gasteiger partial charge in [0.2, 0.25) is 0 Å². The number of carbonyl (C=O) groups excluding carboxylic acids is 1. The molecule has 0 saturated carbocycles. The highest BCUT2D eigenvalue weighted by Crippen LogP contribution is 2.29. The summed E-state index contributed by atoms with van der Waals surface area (Å²) in [5, 5.41) is 11.1. The molecule has 108 valence electrons. The van der Waals surface area contributed by atoms with Gasteiger partial charge in [-0.3, -0.25) is 14.9 Å². The minimum Gasteiger partial charge on any atom is -0.393 e. The lowest BCUT2D eigenvalue weighted by atomic mass is 10.0. The maximum Gasteiger partial charge on any atom is 0.304 e. The minimum absolute atomic E-state index is 0.0326. The summed E-state index contributed by atoms with van der Waals surface area (Å²) in [7, 11) is 0. The molecule has 1 atom stereocenters. The van der Waals surface area contributed by atoms with Gasteiger partial charge in [0.05, 0.1) is 4.92 Å². The van der Waals surface area contributed by atoms with Crippen LogP contribution in [0.25, 0.3) is 0 Å². The quantitative estimate of drug-likeness (QED) is 0.520. The first kappa shape index (κ1) is 14.3. The van der Waals surface area contributed by atoms with Crippen molar-refractivity contribution in [3.05, 3.63) is 33.9 Å². The maximum atomic E-state index is 12.4. The third kappa shape index (κ3) is 2.74. The molecule has 0 bridgehead atoms. The number of carbonyl (C=O) groups is 1. The second-order valence-corrected chi connectivity index (χ2v) is 5.20. The van der Waals surface area contributed by atoms with E-state index in [2.05, 4.69) is 6.92 Å². The van der Waals surface area contributed by atoms with E-state index in [0.717, 1.165) is 19.3 Å². The molecule has 1 fully saturated rings. The van der Waals surface area contributed by atoms with E-state index in [4.69, 9.17) is 5.73 Å². The Morgan fingerprint density at radius 1 is 1.55 bits per heavy atom. The van der Waals surface area contributed by atoms with Crippen LogP contribution in [0.1, 0.15) is 36.5 Å². The predicted octanol–water partition coefficient (Wildman–Crippen LogP) is 2.44. The monoisotopic (exact) mass is 277 g/mol. The van der Waals surface area contributed by atoms with Crippen molar-refractivity contribution in [2.45, 2.75) is 26.2 Å². The van der Waals surface area contributed by atoms with Crippen LogP contribution in [0.4, 0.5) is 11.4 Å². The Labute approximate surface area is 117 Å². The van der Waals surface area contributed by atoms with E-state index in [-0.39, 0.29) is 22.8 Å². The maximum absolute atomic E-state index is 12.4. The summed E-state index contributed by atoms with van der Waals surface area (Å²) in [6.45, 7) is 3.46. The summed E-state index contributed by atoms with van der Waals surface area (Å²) in [5.41, 5.74) is 5.46. The number of hydrogen-bond donors (Lipinski definition) is 1. The zero-order valence-electron chi connectivity index (χ0n) is 11.5. The van der Waals surface area contributed by atoms with Crippen molar-refractivity contribution in [3.63, 3.8) is 0 Å². The summed E-state index contributed by atoms with van der Waals surface area (Å²) < 4.78 is 0. The number of nitro groups is 1. The van der Waals surface area contributed by atoms with Crippen LogP contribution in [-0.4, -0.2) is 28.8 Å². The molecule has 0 spiro atoms. The molecule has 20 heavy (non-hydrogen) atoms. The summed E-state index contributed by atoms with van der Waals surface area (Å²) in [5.74, 6) is 0.215. The number of anilines is 1. The van der Waals surface area contributed by atoms with Gasteiger partial charge in [-0.05, 0) is 30.9 Å². The van der Waals surface area contributed by atoms with Gasteiger partial charge >= 0.3 is 5.69 Å². The van der Waals surface area contributed by atoms with Crippen LogP contribution >= 0.6 is 0 Å². The van der Waals surface area contributed by atoms with Gasteiger partial charge in [-0.25, -0.2) is 0 Å². The van der Waals surface area contributed by atoms with Crippen molar-refractivity contribution in [1.29, 1.82) is 0 Å².